The number of carbonyl (C=O) groups excluding carboxylic acids is 1. The number of rotatable bonds is 6. The maximum Gasteiger partial charge on any atom is 0.132 e. The van der Waals surface area contributed by atoms with Crippen LogP contribution in [0.4, 0.5) is 0 Å². The Balaban J connectivity index is 3.94. The monoisotopic (exact) mass is 200 g/mol. The Morgan fingerprint density at radius 1 is 1.14 bits per heavy atom. The molecule has 0 saturated carbocycles. The van der Waals surface area contributed by atoms with E-state index in [0.717, 1.165) is 6.42 Å². The van der Waals surface area contributed by atoms with E-state index < -0.39 is 0 Å². The molecule has 0 rings (SSSR count). The molecule has 0 aromatic carbocycles. The topological polar surface area (TPSA) is 37.3 Å². The summed E-state index contributed by atoms with van der Waals surface area (Å²) in [4.78, 5) is 11.0. The molecule has 0 aromatic rings. The summed E-state index contributed by atoms with van der Waals surface area (Å²) in [5.74, 6) is 1.05. The number of aliphatic hydroxyl groups excluding tert-OH is 1. The number of carbonyl (C=O) groups is 1. The summed E-state index contributed by atoms with van der Waals surface area (Å²) in [6, 6.07) is 0. The normalized spacial score (nSPS) is 17.9. The zero-order valence-electron chi connectivity index (χ0n) is 10.1. The molecule has 0 radical (unpaired) electrons. The lowest BCUT2D eigenvalue weighted by Crippen LogP contribution is -2.24. The summed E-state index contributed by atoms with van der Waals surface area (Å²) >= 11 is 0. The first kappa shape index (κ1) is 13.6. The summed E-state index contributed by atoms with van der Waals surface area (Å²) in [5, 5.41) is 9.83. The van der Waals surface area contributed by atoms with E-state index in [2.05, 4.69) is 20.8 Å². The summed E-state index contributed by atoms with van der Waals surface area (Å²) < 4.78 is 0. The summed E-state index contributed by atoms with van der Waals surface area (Å²) in [7, 11) is 0. The van der Waals surface area contributed by atoms with Gasteiger partial charge in [-0.05, 0) is 31.6 Å². The van der Waals surface area contributed by atoms with Crippen molar-refractivity contribution < 1.29 is 9.90 Å². The van der Waals surface area contributed by atoms with Gasteiger partial charge in [-0.1, -0.05) is 27.7 Å². The molecule has 0 amide bonds. The second-order valence-corrected chi connectivity index (χ2v) is 4.92. The molecule has 0 aliphatic rings. The van der Waals surface area contributed by atoms with Gasteiger partial charge < -0.3 is 5.11 Å². The van der Waals surface area contributed by atoms with Gasteiger partial charge in [-0.15, -0.1) is 0 Å². The zero-order valence-corrected chi connectivity index (χ0v) is 10.1. The van der Waals surface area contributed by atoms with Gasteiger partial charge in [0.25, 0.3) is 0 Å². The van der Waals surface area contributed by atoms with Gasteiger partial charge in [-0.3, -0.25) is 4.79 Å². The smallest absolute Gasteiger partial charge is 0.132 e. The van der Waals surface area contributed by atoms with Crippen LogP contribution in [0.25, 0.3) is 0 Å². The Labute approximate surface area is 87.7 Å². The highest BCUT2D eigenvalue weighted by atomic mass is 16.3. The molecule has 0 spiro atoms. The van der Waals surface area contributed by atoms with Crippen LogP contribution in [-0.4, -0.2) is 17.0 Å². The van der Waals surface area contributed by atoms with Crippen LogP contribution in [0.2, 0.25) is 0 Å². The molecular weight excluding hydrogens is 176 g/mol. The second kappa shape index (κ2) is 6.18. The molecule has 0 saturated heterocycles. The third-order valence-electron chi connectivity index (χ3n) is 2.79. The van der Waals surface area contributed by atoms with Crippen LogP contribution in [0, 0.1) is 17.8 Å². The molecule has 84 valence electrons. The standard InChI is InChI=1S/C12H24O2/c1-8(2)6-10(4)12(14)7-9(3)11(5)13/h8-10,12,14H,6-7H2,1-5H3. The van der Waals surface area contributed by atoms with Crippen molar-refractivity contribution in [1.82, 2.24) is 0 Å². The van der Waals surface area contributed by atoms with Crippen LogP contribution >= 0.6 is 0 Å². The van der Waals surface area contributed by atoms with Gasteiger partial charge >= 0.3 is 0 Å². The molecule has 0 aliphatic carbocycles. The van der Waals surface area contributed by atoms with Crippen LogP contribution in [0.1, 0.15) is 47.5 Å². The van der Waals surface area contributed by atoms with E-state index in [1.54, 1.807) is 6.92 Å². The van der Waals surface area contributed by atoms with Crippen LogP contribution < -0.4 is 0 Å². The second-order valence-electron chi connectivity index (χ2n) is 4.92. The third-order valence-corrected chi connectivity index (χ3v) is 2.79. The van der Waals surface area contributed by atoms with E-state index in [1.807, 2.05) is 6.92 Å². The summed E-state index contributed by atoms with van der Waals surface area (Å²) in [6.07, 6.45) is 1.28. The maximum atomic E-state index is 11.0. The fourth-order valence-electron chi connectivity index (χ4n) is 1.66. The van der Waals surface area contributed by atoms with Gasteiger partial charge in [-0.2, -0.15) is 0 Å². The fraction of sp³-hybridized carbons (Fsp3) is 0.917. The first-order valence-corrected chi connectivity index (χ1v) is 5.53. The Morgan fingerprint density at radius 2 is 1.64 bits per heavy atom. The predicted molar refractivity (Wildman–Crippen MR) is 59.1 cm³/mol. The molecule has 2 heteroatoms. The molecule has 14 heavy (non-hydrogen) atoms. The third kappa shape index (κ3) is 5.38. The van der Waals surface area contributed by atoms with Gasteiger partial charge in [0.2, 0.25) is 0 Å². The highest BCUT2D eigenvalue weighted by molar-refractivity contribution is 5.77. The van der Waals surface area contributed by atoms with Crippen molar-refractivity contribution in [3.05, 3.63) is 0 Å². The Bertz CT molecular complexity index is 175. The van der Waals surface area contributed by atoms with E-state index in [4.69, 9.17) is 0 Å². The van der Waals surface area contributed by atoms with Crippen molar-refractivity contribution in [1.29, 1.82) is 0 Å². The van der Waals surface area contributed by atoms with Crippen molar-refractivity contribution in [3.63, 3.8) is 0 Å². The lowest BCUT2D eigenvalue weighted by atomic mass is 9.88. The number of Topliss-reactive ketones (excluding diaryl/α,β-unsaturated/α-hetero) is 1. The molecule has 0 bridgehead atoms. The summed E-state index contributed by atoms with van der Waals surface area (Å²) in [5.41, 5.74) is 0. The van der Waals surface area contributed by atoms with E-state index in [9.17, 15) is 9.90 Å². The average Bonchev–Trinajstić information content (AvgIpc) is 2.02. The number of hydrogen-bond acceptors (Lipinski definition) is 2. The molecule has 1 N–H and O–H groups in total. The molecule has 3 unspecified atom stereocenters. The van der Waals surface area contributed by atoms with E-state index >= 15 is 0 Å². The zero-order chi connectivity index (χ0) is 11.3. The van der Waals surface area contributed by atoms with Crippen molar-refractivity contribution in [3.8, 4) is 0 Å². The van der Waals surface area contributed by atoms with E-state index in [0.29, 0.717) is 12.3 Å². The molecule has 3 atom stereocenters. The minimum atomic E-state index is -0.337. The Morgan fingerprint density at radius 3 is 2.00 bits per heavy atom. The van der Waals surface area contributed by atoms with Crippen LogP contribution in [-0.2, 0) is 4.79 Å². The number of aliphatic hydroxyl groups is 1. The van der Waals surface area contributed by atoms with Crippen LogP contribution in [0.5, 0.6) is 0 Å². The lowest BCUT2D eigenvalue weighted by molar-refractivity contribution is -0.121. The molecule has 2 nitrogen and oxygen atoms in total. The minimum absolute atomic E-state index is 0.0142. The Kier molecular flexibility index (Phi) is 6.01. The number of ketones is 1. The highest BCUT2D eigenvalue weighted by Gasteiger charge is 2.20. The molecule has 0 fully saturated rings. The lowest BCUT2D eigenvalue weighted by Gasteiger charge is -2.22. The Hall–Kier alpha value is -0.370. The summed E-state index contributed by atoms with van der Waals surface area (Å²) in [6.45, 7) is 9.82. The van der Waals surface area contributed by atoms with Crippen LogP contribution in [0.3, 0.4) is 0 Å². The minimum Gasteiger partial charge on any atom is -0.393 e. The van der Waals surface area contributed by atoms with Gasteiger partial charge in [-0.25, -0.2) is 0 Å². The van der Waals surface area contributed by atoms with Crippen molar-refractivity contribution in [2.75, 3.05) is 0 Å². The van der Waals surface area contributed by atoms with Gasteiger partial charge in [0.15, 0.2) is 0 Å². The quantitative estimate of drug-likeness (QED) is 0.715. The van der Waals surface area contributed by atoms with Crippen LogP contribution in [0.15, 0.2) is 0 Å². The highest BCUT2D eigenvalue weighted by Crippen LogP contribution is 2.20. The van der Waals surface area contributed by atoms with Crippen molar-refractivity contribution >= 4 is 5.78 Å². The molecule has 0 aliphatic heterocycles. The number of hydrogen-bond donors (Lipinski definition) is 1. The molecule has 0 aromatic heterocycles. The fourth-order valence-corrected chi connectivity index (χ4v) is 1.66. The van der Waals surface area contributed by atoms with E-state index in [1.165, 1.54) is 0 Å². The van der Waals surface area contributed by atoms with Gasteiger partial charge in [0.05, 0.1) is 6.10 Å². The van der Waals surface area contributed by atoms with E-state index in [-0.39, 0.29) is 23.7 Å². The first-order chi connectivity index (χ1) is 6.34. The van der Waals surface area contributed by atoms with Crippen molar-refractivity contribution in [2.45, 2.75) is 53.6 Å². The maximum absolute atomic E-state index is 11.0. The molecule has 0 heterocycles. The van der Waals surface area contributed by atoms with Gasteiger partial charge in [0.1, 0.15) is 5.78 Å². The van der Waals surface area contributed by atoms with Gasteiger partial charge in [0, 0.05) is 5.92 Å². The van der Waals surface area contributed by atoms with Crippen molar-refractivity contribution in [2.24, 2.45) is 17.8 Å². The predicted octanol–water partition coefficient (Wildman–Crippen LogP) is 2.64. The molecular formula is C12H24O2. The first-order valence-electron chi connectivity index (χ1n) is 5.53. The largest absolute Gasteiger partial charge is 0.393 e. The average molecular weight is 200 g/mol. The SMILES string of the molecule is CC(=O)C(C)CC(O)C(C)CC(C)C.